The van der Waals surface area contributed by atoms with Gasteiger partial charge in [0.1, 0.15) is 22.9 Å². The van der Waals surface area contributed by atoms with Crippen LogP contribution in [-0.2, 0) is 0 Å². The molecule has 2 atom stereocenters. The number of hydrogen-bond acceptors (Lipinski definition) is 5. The van der Waals surface area contributed by atoms with Crippen molar-refractivity contribution in [3.05, 3.63) is 163 Å². The highest BCUT2D eigenvalue weighted by Crippen LogP contribution is 2.51. The molecule has 0 unspecified atom stereocenters. The number of aromatic nitrogens is 1. The zero-order valence-corrected chi connectivity index (χ0v) is 30.0. The van der Waals surface area contributed by atoms with E-state index in [0.717, 1.165) is 47.2 Å². The quantitative estimate of drug-likeness (QED) is 0.181. The molecule has 7 aromatic rings. The fraction of sp³-hybridized carbons (Fsp3) is 0.167. The van der Waals surface area contributed by atoms with E-state index in [1.54, 1.807) is 6.07 Å². The Morgan fingerprint density at radius 1 is 0.642 bits per heavy atom. The van der Waals surface area contributed by atoms with Gasteiger partial charge in [-0.15, -0.1) is 0 Å². The Kier molecular flexibility index (Phi) is 8.27. The smallest absolute Gasteiger partial charge is 0.219 e. The standard InChI is InChI=1S/C48H41N3O2/c1-48(2)28-14-24-41-46(48)51(47(49-41)36-22-12-23-38(29-36)53-43-27-26-35-21-13-25-42(52)44(35)50-43)45-39(33-17-8-4-9-18-33)30-37(32-15-6-3-7-16-32)31-40(45)34-19-10-5-11-20-34/h3-13,15-23,25-27,29-31,41,46,52H,14,24,28H2,1-2H3/t41-,46-/m0/s1. The fourth-order valence-corrected chi connectivity index (χ4v) is 8.42. The molecule has 1 aliphatic carbocycles. The van der Waals surface area contributed by atoms with E-state index in [4.69, 9.17) is 9.73 Å². The number of ether oxygens (including phenoxy) is 1. The van der Waals surface area contributed by atoms with E-state index in [2.05, 4.69) is 139 Å². The van der Waals surface area contributed by atoms with Crippen LogP contribution in [0.2, 0.25) is 0 Å². The lowest BCUT2D eigenvalue weighted by Gasteiger charge is -2.46. The second-order valence-electron chi connectivity index (χ2n) is 14.9. The van der Waals surface area contributed by atoms with Gasteiger partial charge in [-0.3, -0.25) is 4.99 Å². The predicted molar refractivity (Wildman–Crippen MR) is 217 cm³/mol. The number of benzene rings is 6. The normalized spacial score (nSPS) is 17.7. The van der Waals surface area contributed by atoms with E-state index >= 15 is 0 Å². The van der Waals surface area contributed by atoms with Crippen molar-refractivity contribution in [2.75, 3.05) is 4.90 Å². The first-order valence-corrected chi connectivity index (χ1v) is 18.5. The Morgan fingerprint density at radius 3 is 1.94 bits per heavy atom. The molecule has 2 heterocycles. The van der Waals surface area contributed by atoms with Crippen LogP contribution in [0.25, 0.3) is 44.3 Å². The van der Waals surface area contributed by atoms with Gasteiger partial charge < -0.3 is 14.7 Å². The summed E-state index contributed by atoms with van der Waals surface area (Å²) in [5.41, 5.74) is 9.70. The number of fused-ring (bicyclic) bond motifs is 2. The molecule has 1 aromatic heterocycles. The number of para-hydroxylation sites is 1. The average molecular weight is 692 g/mol. The number of hydrogen-bond donors (Lipinski definition) is 1. The van der Waals surface area contributed by atoms with Crippen LogP contribution in [0.3, 0.4) is 0 Å². The Labute approximate surface area is 310 Å². The first-order chi connectivity index (χ1) is 25.9. The lowest BCUT2D eigenvalue weighted by atomic mass is 9.70. The highest BCUT2D eigenvalue weighted by Gasteiger charge is 2.49. The van der Waals surface area contributed by atoms with Crippen LogP contribution in [0.5, 0.6) is 17.4 Å². The SMILES string of the molecule is CC1(C)CCC[C@@H]2N=C(c3cccc(Oc4ccc5cccc(O)c5n4)c3)N(c3c(-c4ccccc4)cc(-c4ccccc4)cc3-c3ccccc3)[C@@H]21. The van der Waals surface area contributed by atoms with E-state index in [9.17, 15) is 5.11 Å². The summed E-state index contributed by atoms with van der Waals surface area (Å²) >= 11 is 0. The number of anilines is 1. The first kappa shape index (κ1) is 32.7. The van der Waals surface area contributed by atoms with Crippen molar-refractivity contribution < 1.29 is 9.84 Å². The monoisotopic (exact) mass is 691 g/mol. The van der Waals surface area contributed by atoms with Gasteiger partial charge in [-0.05, 0) is 76.9 Å². The molecule has 1 N–H and O–H groups in total. The molecular weight excluding hydrogens is 651 g/mol. The molecule has 0 radical (unpaired) electrons. The lowest BCUT2D eigenvalue weighted by molar-refractivity contribution is 0.190. The molecular formula is C48H41N3O2. The van der Waals surface area contributed by atoms with Crippen LogP contribution >= 0.6 is 0 Å². The summed E-state index contributed by atoms with van der Waals surface area (Å²) in [4.78, 5) is 12.8. The number of pyridine rings is 1. The van der Waals surface area contributed by atoms with Gasteiger partial charge in [0, 0.05) is 28.1 Å². The largest absolute Gasteiger partial charge is 0.506 e. The Hall–Kier alpha value is -6.20. The number of nitrogens with zero attached hydrogens (tertiary/aromatic N) is 3. The maximum atomic E-state index is 10.5. The van der Waals surface area contributed by atoms with Gasteiger partial charge in [-0.1, -0.05) is 136 Å². The molecule has 0 saturated heterocycles. The van der Waals surface area contributed by atoms with Crippen LogP contribution < -0.4 is 9.64 Å². The van der Waals surface area contributed by atoms with Crippen LogP contribution in [0.15, 0.2) is 163 Å². The molecule has 0 bridgehead atoms. The molecule has 2 aliphatic rings. The highest BCUT2D eigenvalue weighted by molar-refractivity contribution is 6.16. The van der Waals surface area contributed by atoms with Gasteiger partial charge >= 0.3 is 0 Å². The molecule has 53 heavy (non-hydrogen) atoms. The summed E-state index contributed by atoms with van der Waals surface area (Å²) in [6.45, 7) is 4.83. The number of amidine groups is 1. The maximum absolute atomic E-state index is 10.5. The van der Waals surface area contributed by atoms with Gasteiger partial charge in [-0.2, -0.15) is 0 Å². The van der Waals surface area contributed by atoms with Gasteiger partial charge in [0.05, 0.1) is 17.8 Å². The summed E-state index contributed by atoms with van der Waals surface area (Å²) in [7, 11) is 0. The molecule has 1 saturated carbocycles. The topological polar surface area (TPSA) is 58.0 Å². The minimum absolute atomic E-state index is 0.000683. The van der Waals surface area contributed by atoms with Crippen LogP contribution in [-0.4, -0.2) is 28.0 Å². The number of rotatable bonds is 7. The highest BCUT2D eigenvalue weighted by atomic mass is 16.5. The average Bonchev–Trinajstić information content (AvgIpc) is 3.60. The second-order valence-corrected chi connectivity index (χ2v) is 14.9. The molecule has 1 fully saturated rings. The van der Waals surface area contributed by atoms with Crippen LogP contribution in [0.4, 0.5) is 5.69 Å². The molecule has 6 aromatic carbocycles. The van der Waals surface area contributed by atoms with Gasteiger partial charge in [0.2, 0.25) is 5.88 Å². The second kappa shape index (κ2) is 13.4. The molecule has 5 nitrogen and oxygen atoms in total. The molecule has 260 valence electrons. The Bertz CT molecular complexity index is 2400. The third-order valence-corrected chi connectivity index (χ3v) is 10.9. The van der Waals surface area contributed by atoms with Gasteiger partial charge in [0.15, 0.2) is 0 Å². The van der Waals surface area contributed by atoms with Gasteiger partial charge in [-0.25, -0.2) is 4.98 Å². The third-order valence-electron chi connectivity index (χ3n) is 10.9. The zero-order valence-electron chi connectivity index (χ0n) is 30.0. The summed E-state index contributed by atoms with van der Waals surface area (Å²) in [6, 6.07) is 54.7. The lowest BCUT2D eigenvalue weighted by Crippen LogP contribution is -2.52. The van der Waals surface area contributed by atoms with E-state index in [-0.39, 0.29) is 23.2 Å². The van der Waals surface area contributed by atoms with Crippen molar-refractivity contribution >= 4 is 22.4 Å². The summed E-state index contributed by atoms with van der Waals surface area (Å²) in [6.07, 6.45) is 3.31. The fourth-order valence-electron chi connectivity index (χ4n) is 8.42. The molecule has 0 amide bonds. The van der Waals surface area contributed by atoms with Crippen molar-refractivity contribution in [2.24, 2.45) is 10.4 Å². The van der Waals surface area contributed by atoms with E-state index in [1.807, 2.05) is 36.4 Å². The number of phenolic OH excluding ortho intramolecular Hbond substituents is 1. The minimum Gasteiger partial charge on any atom is -0.506 e. The molecule has 1 aliphatic heterocycles. The summed E-state index contributed by atoms with van der Waals surface area (Å²) in [5.74, 6) is 2.16. The first-order valence-electron chi connectivity index (χ1n) is 18.5. The van der Waals surface area contributed by atoms with Crippen molar-refractivity contribution in [3.8, 4) is 50.8 Å². The van der Waals surface area contributed by atoms with Gasteiger partial charge in [0.25, 0.3) is 0 Å². The van der Waals surface area contributed by atoms with E-state index < -0.39 is 0 Å². The predicted octanol–water partition coefficient (Wildman–Crippen LogP) is 11.9. The number of phenols is 1. The summed E-state index contributed by atoms with van der Waals surface area (Å²) < 4.78 is 6.40. The van der Waals surface area contributed by atoms with Crippen LogP contribution in [0, 0.1) is 5.41 Å². The molecule has 5 heteroatoms. The maximum Gasteiger partial charge on any atom is 0.219 e. The van der Waals surface area contributed by atoms with Crippen LogP contribution in [0.1, 0.15) is 38.7 Å². The Morgan fingerprint density at radius 2 is 1.26 bits per heavy atom. The van der Waals surface area contributed by atoms with Crippen molar-refractivity contribution in [1.82, 2.24) is 4.98 Å². The van der Waals surface area contributed by atoms with Crippen molar-refractivity contribution in [3.63, 3.8) is 0 Å². The summed E-state index contributed by atoms with van der Waals surface area (Å²) in [5, 5.41) is 11.3. The van der Waals surface area contributed by atoms with Crippen molar-refractivity contribution in [1.29, 1.82) is 0 Å². The number of aliphatic imine (C=N–C) groups is 1. The molecule has 0 spiro atoms. The molecule has 9 rings (SSSR count). The van der Waals surface area contributed by atoms with E-state index in [0.29, 0.717) is 17.1 Å². The zero-order chi connectivity index (χ0) is 35.9. The van der Waals surface area contributed by atoms with E-state index in [1.165, 1.54) is 27.9 Å². The van der Waals surface area contributed by atoms with Crippen molar-refractivity contribution in [2.45, 2.75) is 45.2 Å². The Balaban J connectivity index is 1.25. The third kappa shape index (κ3) is 6.12. The minimum atomic E-state index is -0.000683. The number of aromatic hydroxyl groups is 1.